The van der Waals surface area contributed by atoms with Crippen molar-refractivity contribution in [1.29, 1.82) is 0 Å². The van der Waals surface area contributed by atoms with E-state index in [-0.39, 0.29) is 18.9 Å². The summed E-state index contributed by atoms with van der Waals surface area (Å²) in [7, 11) is 1.56. The third kappa shape index (κ3) is 3.32. The predicted octanol–water partition coefficient (Wildman–Crippen LogP) is 1.22. The van der Waals surface area contributed by atoms with Gasteiger partial charge in [-0.05, 0) is 18.2 Å². The Kier molecular flexibility index (Phi) is 4.95. The molecule has 0 aliphatic carbocycles. The summed E-state index contributed by atoms with van der Waals surface area (Å²) in [6.07, 6.45) is 4.80. The zero-order valence-electron chi connectivity index (χ0n) is 13.9. The molecule has 0 saturated heterocycles. The highest BCUT2D eigenvalue weighted by Crippen LogP contribution is 2.26. The smallest absolute Gasteiger partial charge is 0.211 e. The Morgan fingerprint density at radius 2 is 2.28 bits per heavy atom. The fraction of sp³-hybridized carbons (Fsp3) is 0.278. The number of benzene rings is 1. The minimum Gasteiger partial charge on any atom is -0.497 e. The van der Waals surface area contributed by atoms with E-state index in [4.69, 9.17) is 9.84 Å². The number of nitrogens with zero attached hydrogens (tertiary/aromatic N) is 2. The number of dihydropyridines is 1. The molecule has 2 aromatic rings. The Bertz CT molecular complexity index is 880. The minimum atomic E-state index is -0.188. The summed E-state index contributed by atoms with van der Waals surface area (Å²) in [6.45, 7) is 0.496. The van der Waals surface area contributed by atoms with Gasteiger partial charge in [0.15, 0.2) is 0 Å². The number of hydrogen-bond donors (Lipinski definition) is 2. The molecule has 7 nitrogen and oxygen atoms in total. The highest BCUT2D eigenvalue weighted by molar-refractivity contribution is 6.15. The number of ketones is 1. The van der Waals surface area contributed by atoms with Crippen LogP contribution in [0.25, 0.3) is 10.9 Å². The second kappa shape index (κ2) is 7.31. The molecule has 0 saturated carbocycles. The number of carbonyl (C=O) groups excluding carboxylic acids is 2. The molecule has 2 N–H and O–H groups in total. The van der Waals surface area contributed by atoms with E-state index in [0.717, 1.165) is 12.0 Å². The van der Waals surface area contributed by atoms with Gasteiger partial charge in [0.2, 0.25) is 5.78 Å². The second-order valence-corrected chi connectivity index (χ2v) is 5.62. The maximum absolute atomic E-state index is 12.9. The molecule has 3 rings (SSSR count). The monoisotopic (exact) mass is 341 g/mol. The van der Waals surface area contributed by atoms with Crippen LogP contribution in [0.3, 0.4) is 0 Å². The van der Waals surface area contributed by atoms with Gasteiger partial charge in [0.05, 0.1) is 19.2 Å². The second-order valence-electron chi connectivity index (χ2n) is 5.62. The van der Waals surface area contributed by atoms with Gasteiger partial charge in [-0.25, -0.2) is 0 Å². The first-order valence-corrected chi connectivity index (χ1v) is 7.95. The van der Waals surface area contributed by atoms with Crippen LogP contribution < -0.4 is 10.1 Å². The molecule has 1 aliphatic rings. The first-order valence-electron chi connectivity index (χ1n) is 7.95. The molecule has 1 aromatic carbocycles. The summed E-state index contributed by atoms with van der Waals surface area (Å²) in [5.74, 6) is 0.445. The van der Waals surface area contributed by atoms with Crippen LogP contribution in [0.4, 0.5) is 0 Å². The predicted molar refractivity (Wildman–Crippen MR) is 92.6 cm³/mol. The van der Waals surface area contributed by atoms with Gasteiger partial charge in [-0.3, -0.25) is 9.48 Å². The number of fused-ring (bicyclic) bond motifs is 1. The summed E-state index contributed by atoms with van der Waals surface area (Å²) < 4.78 is 6.71. The zero-order chi connectivity index (χ0) is 17.8. The molecule has 0 spiro atoms. The molecule has 1 aliphatic heterocycles. The molecule has 25 heavy (non-hydrogen) atoms. The van der Waals surface area contributed by atoms with Crippen molar-refractivity contribution in [2.24, 2.45) is 0 Å². The highest BCUT2D eigenvalue weighted by Gasteiger charge is 2.22. The van der Waals surface area contributed by atoms with Crippen molar-refractivity contribution in [3.8, 4) is 5.75 Å². The van der Waals surface area contributed by atoms with E-state index < -0.39 is 0 Å². The van der Waals surface area contributed by atoms with Crippen LogP contribution in [0.5, 0.6) is 5.75 Å². The summed E-state index contributed by atoms with van der Waals surface area (Å²) in [4.78, 5) is 23.8. The highest BCUT2D eigenvalue weighted by atomic mass is 16.5. The van der Waals surface area contributed by atoms with Gasteiger partial charge in [0, 0.05) is 42.3 Å². The normalized spacial score (nSPS) is 13.8. The molecule has 2 heterocycles. The van der Waals surface area contributed by atoms with E-state index in [1.54, 1.807) is 37.5 Å². The Balaban J connectivity index is 2.01. The van der Waals surface area contributed by atoms with E-state index in [0.29, 0.717) is 40.9 Å². The third-order valence-electron chi connectivity index (χ3n) is 4.09. The molecule has 7 heteroatoms. The molecule has 0 fully saturated rings. The number of allylic oxidation sites excluding steroid dienone is 2. The van der Waals surface area contributed by atoms with Crippen LogP contribution in [0, 0.1) is 0 Å². The van der Waals surface area contributed by atoms with Gasteiger partial charge in [0.25, 0.3) is 0 Å². The minimum absolute atomic E-state index is 0.0541. The van der Waals surface area contributed by atoms with Gasteiger partial charge >= 0.3 is 0 Å². The molecular weight excluding hydrogens is 322 g/mol. The van der Waals surface area contributed by atoms with Gasteiger partial charge in [-0.1, -0.05) is 6.08 Å². The largest absolute Gasteiger partial charge is 0.497 e. The number of ether oxygens (including phenoxy) is 1. The Labute approximate surface area is 144 Å². The summed E-state index contributed by atoms with van der Waals surface area (Å²) in [6, 6.07) is 5.30. The zero-order valence-corrected chi connectivity index (χ0v) is 13.9. The van der Waals surface area contributed by atoms with Crippen molar-refractivity contribution in [1.82, 2.24) is 15.1 Å². The van der Waals surface area contributed by atoms with E-state index in [1.165, 1.54) is 4.68 Å². The fourth-order valence-corrected chi connectivity index (χ4v) is 2.79. The lowest BCUT2D eigenvalue weighted by atomic mass is 10.0. The van der Waals surface area contributed by atoms with Gasteiger partial charge in [0.1, 0.15) is 17.7 Å². The number of methoxy groups -OCH3 is 1. The first-order chi connectivity index (χ1) is 12.2. The molecule has 0 unspecified atom stereocenters. The summed E-state index contributed by atoms with van der Waals surface area (Å²) in [5, 5.41) is 17.1. The van der Waals surface area contributed by atoms with Crippen molar-refractivity contribution in [2.45, 2.75) is 13.0 Å². The number of Topliss-reactive ketones (excluding diaryl/α,β-unsaturated/α-hetero) is 1. The van der Waals surface area contributed by atoms with Gasteiger partial charge < -0.3 is 20.0 Å². The van der Waals surface area contributed by atoms with Crippen molar-refractivity contribution >= 4 is 23.0 Å². The number of carbonyl (C=O) groups is 2. The number of aliphatic hydroxyl groups is 1. The Morgan fingerprint density at radius 1 is 1.44 bits per heavy atom. The maximum atomic E-state index is 12.9. The van der Waals surface area contributed by atoms with Crippen LogP contribution in [0.1, 0.15) is 16.9 Å². The van der Waals surface area contributed by atoms with E-state index >= 15 is 0 Å². The molecule has 0 atom stereocenters. The van der Waals surface area contributed by atoms with Crippen molar-refractivity contribution in [2.75, 3.05) is 20.3 Å². The van der Waals surface area contributed by atoms with Crippen molar-refractivity contribution in [3.05, 3.63) is 47.3 Å². The van der Waals surface area contributed by atoms with Crippen LogP contribution in [-0.4, -0.2) is 47.2 Å². The summed E-state index contributed by atoms with van der Waals surface area (Å²) >= 11 is 0. The van der Waals surface area contributed by atoms with Crippen LogP contribution >= 0.6 is 0 Å². The van der Waals surface area contributed by atoms with Crippen molar-refractivity contribution < 1.29 is 19.4 Å². The number of aliphatic hydroxyl groups excluding tert-OH is 1. The van der Waals surface area contributed by atoms with E-state index in [9.17, 15) is 9.59 Å². The molecular formula is C18H19N3O4. The van der Waals surface area contributed by atoms with Crippen LogP contribution in [0.2, 0.25) is 0 Å². The topological polar surface area (TPSA) is 93.4 Å². The Morgan fingerprint density at radius 3 is 2.92 bits per heavy atom. The Hall–Kier alpha value is -2.93. The third-order valence-corrected chi connectivity index (χ3v) is 4.09. The van der Waals surface area contributed by atoms with E-state index in [2.05, 4.69) is 10.4 Å². The number of hydrogen-bond acceptors (Lipinski definition) is 6. The van der Waals surface area contributed by atoms with Crippen LogP contribution in [0.15, 0.2) is 41.6 Å². The van der Waals surface area contributed by atoms with Gasteiger partial charge in [-0.15, -0.1) is 0 Å². The van der Waals surface area contributed by atoms with Crippen LogP contribution in [-0.2, 0) is 11.3 Å². The lowest BCUT2D eigenvalue weighted by molar-refractivity contribution is -0.108. The maximum Gasteiger partial charge on any atom is 0.211 e. The molecule has 1 aromatic heterocycles. The van der Waals surface area contributed by atoms with Gasteiger partial charge in [-0.2, -0.15) is 5.10 Å². The van der Waals surface area contributed by atoms with Crippen molar-refractivity contribution in [3.63, 3.8) is 0 Å². The number of nitrogens with one attached hydrogen (secondary N) is 1. The average molecular weight is 341 g/mol. The number of rotatable bonds is 7. The quantitative estimate of drug-likeness (QED) is 0.581. The fourth-order valence-electron chi connectivity index (χ4n) is 2.79. The standard InChI is InChI=1S/C18H19N3O4/c1-25-14-4-5-15-16(10-14)21(7-9-23)20-17(15)18(24)12-2-3-13(6-8-22)19-11-12/h2-5,9-10,19,22H,6-8,11H2,1H3. The van der Waals surface area contributed by atoms with E-state index in [1.807, 2.05) is 0 Å². The average Bonchev–Trinajstić information content (AvgIpc) is 3.00. The number of aromatic nitrogens is 2. The lowest BCUT2D eigenvalue weighted by Gasteiger charge is -2.15. The molecule has 0 amide bonds. The molecule has 130 valence electrons. The number of aldehydes is 1. The first kappa shape index (κ1) is 16.9. The lowest BCUT2D eigenvalue weighted by Crippen LogP contribution is -2.24. The molecule has 0 radical (unpaired) electrons. The SMILES string of the molecule is COc1ccc2c(C(=O)C3=CC=C(CCO)NC3)nn(CC=O)c2c1. The molecule has 0 bridgehead atoms. The summed E-state index contributed by atoms with van der Waals surface area (Å²) in [5.41, 5.74) is 2.46.